The van der Waals surface area contributed by atoms with E-state index in [0.29, 0.717) is 18.7 Å². The molecule has 0 spiro atoms. The summed E-state index contributed by atoms with van der Waals surface area (Å²) in [5, 5.41) is 8.73. The van der Waals surface area contributed by atoms with E-state index in [4.69, 9.17) is 5.11 Å². The van der Waals surface area contributed by atoms with Crippen LogP contribution >= 0.6 is 27.3 Å². The zero-order valence-electron chi connectivity index (χ0n) is 9.60. The monoisotopic (exact) mass is 342 g/mol. The first-order chi connectivity index (χ1) is 7.86. The number of hydrogen-bond acceptors (Lipinski definition) is 5. The molecule has 1 atom stereocenters. The number of aliphatic hydroxyl groups excluding tert-OH is 1. The third-order valence-electron chi connectivity index (χ3n) is 2.19. The van der Waals surface area contributed by atoms with Gasteiger partial charge in [-0.1, -0.05) is 18.3 Å². The maximum atomic E-state index is 11.9. The van der Waals surface area contributed by atoms with Crippen molar-refractivity contribution in [3.8, 4) is 0 Å². The van der Waals surface area contributed by atoms with Crippen LogP contribution in [0.1, 0.15) is 19.0 Å². The van der Waals surface area contributed by atoms with Gasteiger partial charge in [0.15, 0.2) is 0 Å². The molecule has 1 heterocycles. The summed E-state index contributed by atoms with van der Waals surface area (Å²) in [7, 11) is -3.53. The number of nitrogens with zero attached hydrogens (tertiary/aromatic N) is 1. The molecule has 0 amide bonds. The maximum absolute atomic E-state index is 11.9. The fourth-order valence-corrected chi connectivity index (χ4v) is 4.25. The first-order valence-corrected chi connectivity index (χ1v) is 8.19. The Kier molecular flexibility index (Phi) is 5.52. The van der Waals surface area contributed by atoms with E-state index >= 15 is 0 Å². The third kappa shape index (κ3) is 4.29. The summed E-state index contributed by atoms with van der Waals surface area (Å²) in [6.07, 6.45) is 0.573. The predicted octanol–water partition coefficient (Wildman–Crippen LogP) is 1.51. The quantitative estimate of drug-likeness (QED) is 0.821. The van der Waals surface area contributed by atoms with Gasteiger partial charge in [-0.25, -0.2) is 18.1 Å². The Morgan fingerprint density at radius 3 is 2.71 bits per heavy atom. The van der Waals surface area contributed by atoms with E-state index in [1.54, 1.807) is 6.92 Å². The second-order valence-corrected chi connectivity index (χ2v) is 8.07. The molecule has 0 saturated carbocycles. The second-order valence-electron chi connectivity index (χ2n) is 3.81. The first kappa shape index (κ1) is 15.0. The van der Waals surface area contributed by atoms with Gasteiger partial charge in [-0.3, -0.25) is 0 Å². The van der Waals surface area contributed by atoms with Gasteiger partial charge in [-0.15, -0.1) is 0 Å². The number of nitrogens with one attached hydrogen (secondary N) is 1. The van der Waals surface area contributed by atoms with Crippen molar-refractivity contribution in [2.45, 2.75) is 24.6 Å². The summed E-state index contributed by atoms with van der Waals surface area (Å²) in [6.45, 7) is 3.99. The number of halogens is 1. The number of hydrogen-bond donors (Lipinski definition) is 2. The van der Waals surface area contributed by atoms with Gasteiger partial charge in [0.05, 0.1) is 9.48 Å². The van der Waals surface area contributed by atoms with Gasteiger partial charge in [-0.2, -0.15) is 0 Å². The molecule has 0 aliphatic rings. The van der Waals surface area contributed by atoms with E-state index in [0.717, 1.165) is 15.1 Å². The van der Waals surface area contributed by atoms with Crippen LogP contribution in [0.4, 0.5) is 0 Å². The van der Waals surface area contributed by atoms with E-state index in [9.17, 15) is 8.42 Å². The molecule has 0 aliphatic carbocycles. The van der Waals surface area contributed by atoms with Crippen LogP contribution in [0.2, 0.25) is 0 Å². The van der Waals surface area contributed by atoms with Crippen LogP contribution < -0.4 is 4.72 Å². The summed E-state index contributed by atoms with van der Waals surface area (Å²) < 4.78 is 27.0. The highest BCUT2D eigenvalue weighted by Gasteiger charge is 2.20. The van der Waals surface area contributed by atoms with E-state index in [1.165, 1.54) is 0 Å². The maximum Gasteiger partial charge on any atom is 0.267 e. The molecule has 0 fully saturated rings. The smallest absolute Gasteiger partial charge is 0.267 e. The predicted molar refractivity (Wildman–Crippen MR) is 70.6 cm³/mol. The van der Waals surface area contributed by atoms with Gasteiger partial charge in [-0.05, 0) is 35.2 Å². The molecule has 5 nitrogen and oxygen atoms in total. The molecule has 1 aromatic rings. The highest BCUT2D eigenvalue weighted by atomic mass is 79.9. The average Bonchev–Trinajstić information content (AvgIpc) is 2.58. The summed E-state index contributed by atoms with van der Waals surface area (Å²) in [5.74, 6) is 0.0966. The molecular formula is C9H15BrN2O3S2. The summed E-state index contributed by atoms with van der Waals surface area (Å²) in [5.41, 5.74) is 0.666. The van der Waals surface area contributed by atoms with Crippen LogP contribution in [-0.2, 0) is 10.0 Å². The molecule has 2 N–H and O–H groups in total. The molecular weight excluding hydrogens is 328 g/mol. The van der Waals surface area contributed by atoms with Crippen LogP contribution in [0, 0.1) is 12.8 Å². The van der Waals surface area contributed by atoms with Crippen molar-refractivity contribution < 1.29 is 13.5 Å². The molecule has 1 rings (SSSR count). The topological polar surface area (TPSA) is 79.3 Å². The number of rotatable bonds is 6. The number of aromatic nitrogens is 1. The van der Waals surface area contributed by atoms with E-state index in [-0.39, 0.29) is 16.9 Å². The Bertz CT molecular complexity index is 453. The Labute approximate surface area is 113 Å². The molecule has 17 heavy (non-hydrogen) atoms. The van der Waals surface area contributed by atoms with Gasteiger partial charge in [0.2, 0.25) is 4.34 Å². The number of sulfonamides is 1. The Morgan fingerprint density at radius 2 is 2.24 bits per heavy atom. The lowest BCUT2D eigenvalue weighted by Crippen LogP contribution is -2.28. The highest BCUT2D eigenvalue weighted by molar-refractivity contribution is 9.11. The lowest BCUT2D eigenvalue weighted by molar-refractivity contribution is 0.263. The van der Waals surface area contributed by atoms with Gasteiger partial charge in [0.1, 0.15) is 0 Å². The normalized spacial score (nSPS) is 13.9. The Balaban J connectivity index is 2.69. The van der Waals surface area contributed by atoms with Crippen molar-refractivity contribution in [3.05, 3.63) is 9.48 Å². The van der Waals surface area contributed by atoms with Crippen molar-refractivity contribution >= 4 is 37.3 Å². The molecule has 0 aromatic carbocycles. The summed E-state index contributed by atoms with van der Waals surface area (Å²) in [6, 6.07) is 0. The number of thiazole rings is 1. The fourth-order valence-electron chi connectivity index (χ4n) is 1.11. The minimum Gasteiger partial charge on any atom is -0.396 e. The minimum atomic E-state index is -3.53. The van der Waals surface area contributed by atoms with Gasteiger partial charge < -0.3 is 5.11 Å². The molecule has 0 bridgehead atoms. The van der Waals surface area contributed by atoms with Gasteiger partial charge in [0.25, 0.3) is 10.0 Å². The van der Waals surface area contributed by atoms with Crippen molar-refractivity contribution in [3.63, 3.8) is 0 Å². The van der Waals surface area contributed by atoms with E-state index in [1.807, 2.05) is 6.92 Å². The van der Waals surface area contributed by atoms with Crippen molar-refractivity contribution in [2.75, 3.05) is 13.2 Å². The van der Waals surface area contributed by atoms with E-state index in [2.05, 4.69) is 25.6 Å². The Morgan fingerprint density at radius 1 is 1.59 bits per heavy atom. The molecule has 1 aromatic heterocycles. The molecule has 1 unspecified atom stereocenters. The summed E-state index contributed by atoms with van der Waals surface area (Å²) >= 11 is 4.34. The molecule has 0 saturated heterocycles. The minimum absolute atomic E-state index is 0.0603. The lowest BCUT2D eigenvalue weighted by atomic mass is 10.1. The first-order valence-electron chi connectivity index (χ1n) is 5.10. The Hall–Kier alpha value is -0.0200. The highest BCUT2D eigenvalue weighted by Crippen LogP contribution is 2.26. The van der Waals surface area contributed by atoms with Gasteiger partial charge in [0, 0.05) is 13.2 Å². The van der Waals surface area contributed by atoms with Gasteiger partial charge >= 0.3 is 0 Å². The van der Waals surface area contributed by atoms with Crippen LogP contribution in [0.5, 0.6) is 0 Å². The molecule has 8 heteroatoms. The second kappa shape index (κ2) is 6.24. The summed E-state index contributed by atoms with van der Waals surface area (Å²) in [4.78, 5) is 3.98. The van der Waals surface area contributed by atoms with Crippen molar-refractivity contribution in [2.24, 2.45) is 5.92 Å². The van der Waals surface area contributed by atoms with Crippen LogP contribution in [-0.4, -0.2) is 31.7 Å². The van der Waals surface area contributed by atoms with E-state index < -0.39 is 10.0 Å². The zero-order valence-corrected chi connectivity index (χ0v) is 12.8. The van der Waals surface area contributed by atoms with Crippen molar-refractivity contribution in [1.82, 2.24) is 9.71 Å². The average molecular weight is 343 g/mol. The largest absolute Gasteiger partial charge is 0.396 e. The molecule has 98 valence electrons. The van der Waals surface area contributed by atoms with Crippen LogP contribution in [0.3, 0.4) is 0 Å². The lowest BCUT2D eigenvalue weighted by Gasteiger charge is -2.09. The number of aryl methyl sites for hydroxylation is 1. The third-order valence-corrected chi connectivity index (χ3v) is 6.00. The van der Waals surface area contributed by atoms with Crippen molar-refractivity contribution in [1.29, 1.82) is 0 Å². The van der Waals surface area contributed by atoms with Crippen LogP contribution in [0.15, 0.2) is 8.13 Å². The molecule has 0 aliphatic heterocycles. The fraction of sp³-hybridized carbons (Fsp3) is 0.667. The number of aliphatic hydroxyl groups is 1. The standard InChI is InChI=1S/C9H15BrN2O3S2/c1-6(3-4-13)5-11-17(14,15)9-12-7(2)8(10)16-9/h6,11,13H,3-5H2,1-2H3. The molecule has 0 radical (unpaired) electrons. The van der Waals surface area contributed by atoms with Crippen LogP contribution in [0.25, 0.3) is 0 Å². The SMILES string of the molecule is Cc1nc(S(=O)(=O)NCC(C)CCO)sc1Br. The zero-order chi connectivity index (χ0) is 13.1.